The van der Waals surface area contributed by atoms with Crippen molar-refractivity contribution in [2.75, 3.05) is 31.1 Å². The van der Waals surface area contributed by atoms with Crippen molar-refractivity contribution >= 4 is 18.2 Å². The van der Waals surface area contributed by atoms with E-state index in [2.05, 4.69) is 15.1 Å². The highest BCUT2D eigenvalue weighted by atomic mass is 19.1. The molecule has 1 atom stereocenters. The number of aromatic nitrogens is 2. The number of amides is 2. The van der Waals surface area contributed by atoms with Crippen molar-refractivity contribution in [2.45, 2.75) is 12.5 Å². The van der Waals surface area contributed by atoms with Gasteiger partial charge in [0.15, 0.2) is 5.82 Å². The van der Waals surface area contributed by atoms with Gasteiger partial charge in [0.05, 0.1) is 18.4 Å². The van der Waals surface area contributed by atoms with Gasteiger partial charge in [-0.1, -0.05) is 0 Å². The second-order valence-corrected chi connectivity index (χ2v) is 6.55. The van der Waals surface area contributed by atoms with Gasteiger partial charge in [0.25, 0.3) is 0 Å². The number of hydrogen-bond donors (Lipinski definition) is 0. The molecule has 1 aromatic carbocycles. The number of hydrazone groups is 1. The molecule has 28 heavy (non-hydrogen) atoms. The molecule has 4 rings (SSSR count). The van der Waals surface area contributed by atoms with E-state index in [1.54, 1.807) is 11.1 Å². The van der Waals surface area contributed by atoms with E-state index >= 15 is 0 Å². The van der Waals surface area contributed by atoms with Gasteiger partial charge in [0.1, 0.15) is 11.6 Å². The summed E-state index contributed by atoms with van der Waals surface area (Å²) in [5.41, 5.74) is 0.363. The summed E-state index contributed by atoms with van der Waals surface area (Å²) in [5, 5.41) is 5.37. The molecule has 2 aliphatic heterocycles. The normalized spacial score (nSPS) is 19.4. The maximum Gasteiger partial charge on any atom is 0.341 e. The van der Waals surface area contributed by atoms with E-state index < -0.39 is 23.5 Å². The zero-order valence-electron chi connectivity index (χ0n) is 14.8. The van der Waals surface area contributed by atoms with Crippen LogP contribution in [-0.4, -0.2) is 58.3 Å². The standard InChI is InChI=1S/C18H17F3N6O/c19-13-7-12(8-14(20)9-13)16-1-2-24-27(16)18(28)26-5-3-25(4-6-26)17-22-10-15(21)11-23-17/h2,7-11,16H,1,3-6H2. The third-order valence-corrected chi connectivity index (χ3v) is 4.74. The van der Waals surface area contributed by atoms with Crippen LogP contribution in [0, 0.1) is 17.5 Å². The molecular formula is C18H17F3N6O. The molecule has 0 saturated carbocycles. The smallest absolute Gasteiger partial charge is 0.337 e. The molecule has 0 spiro atoms. The SMILES string of the molecule is O=C(N1CCN(c2ncc(F)cn2)CC1)N1N=CCC1c1cc(F)cc(F)c1. The Kier molecular flexibility index (Phi) is 4.84. The molecule has 0 bridgehead atoms. The van der Waals surface area contributed by atoms with Crippen molar-refractivity contribution in [1.29, 1.82) is 0 Å². The van der Waals surface area contributed by atoms with Gasteiger partial charge in [0, 0.05) is 44.9 Å². The Morgan fingerprint density at radius 3 is 2.21 bits per heavy atom. The predicted molar refractivity (Wildman–Crippen MR) is 95.2 cm³/mol. The second kappa shape index (κ2) is 7.45. The van der Waals surface area contributed by atoms with Gasteiger partial charge in [0.2, 0.25) is 5.95 Å². The van der Waals surface area contributed by atoms with Gasteiger partial charge in [-0.15, -0.1) is 0 Å². The topological polar surface area (TPSA) is 64.9 Å². The summed E-state index contributed by atoms with van der Waals surface area (Å²) in [6.07, 6.45) is 4.15. The molecule has 146 valence electrons. The number of piperazine rings is 1. The molecule has 1 saturated heterocycles. The Balaban J connectivity index is 1.43. The molecule has 0 N–H and O–H groups in total. The monoisotopic (exact) mass is 390 g/mol. The molecule has 3 heterocycles. The van der Waals surface area contributed by atoms with E-state index in [9.17, 15) is 18.0 Å². The molecule has 7 nitrogen and oxygen atoms in total. The molecule has 10 heteroatoms. The summed E-state index contributed by atoms with van der Waals surface area (Å²) >= 11 is 0. The van der Waals surface area contributed by atoms with Crippen molar-refractivity contribution in [3.63, 3.8) is 0 Å². The summed E-state index contributed by atoms with van der Waals surface area (Å²) in [6.45, 7) is 1.76. The highest BCUT2D eigenvalue weighted by molar-refractivity contribution is 5.78. The molecule has 0 aliphatic carbocycles. The van der Waals surface area contributed by atoms with Crippen LogP contribution in [0.25, 0.3) is 0 Å². The number of nitrogens with zero attached hydrogens (tertiary/aromatic N) is 6. The van der Waals surface area contributed by atoms with E-state index in [0.29, 0.717) is 44.1 Å². The van der Waals surface area contributed by atoms with E-state index in [-0.39, 0.29) is 6.03 Å². The van der Waals surface area contributed by atoms with Crippen molar-refractivity contribution in [2.24, 2.45) is 5.10 Å². The zero-order chi connectivity index (χ0) is 19.7. The third-order valence-electron chi connectivity index (χ3n) is 4.74. The van der Waals surface area contributed by atoms with Crippen LogP contribution in [-0.2, 0) is 0 Å². The molecule has 2 amide bonds. The van der Waals surface area contributed by atoms with Gasteiger partial charge in [-0.3, -0.25) is 0 Å². The summed E-state index contributed by atoms with van der Waals surface area (Å²) in [7, 11) is 0. The fourth-order valence-corrected chi connectivity index (χ4v) is 3.35. The van der Waals surface area contributed by atoms with Gasteiger partial charge in [-0.25, -0.2) is 32.9 Å². The fraction of sp³-hybridized carbons (Fsp3) is 0.333. The Bertz CT molecular complexity index is 878. The largest absolute Gasteiger partial charge is 0.341 e. The Morgan fingerprint density at radius 1 is 0.929 bits per heavy atom. The van der Waals surface area contributed by atoms with Crippen molar-refractivity contribution in [3.05, 3.63) is 53.6 Å². The van der Waals surface area contributed by atoms with E-state index in [0.717, 1.165) is 18.5 Å². The van der Waals surface area contributed by atoms with Crippen LogP contribution in [0.3, 0.4) is 0 Å². The summed E-state index contributed by atoms with van der Waals surface area (Å²) in [4.78, 5) is 24.3. The maximum atomic E-state index is 13.6. The first-order chi connectivity index (χ1) is 13.5. The van der Waals surface area contributed by atoms with E-state index in [4.69, 9.17) is 0 Å². The van der Waals surface area contributed by atoms with Gasteiger partial charge >= 0.3 is 6.03 Å². The van der Waals surface area contributed by atoms with Crippen LogP contribution < -0.4 is 4.90 Å². The lowest BCUT2D eigenvalue weighted by Crippen LogP contribution is -2.52. The van der Waals surface area contributed by atoms with Crippen molar-refractivity contribution < 1.29 is 18.0 Å². The Hall–Kier alpha value is -3.17. The zero-order valence-corrected chi connectivity index (χ0v) is 14.8. The first kappa shape index (κ1) is 18.2. The minimum absolute atomic E-state index is 0.330. The van der Waals surface area contributed by atoms with Crippen LogP contribution in [0.5, 0.6) is 0 Å². The quantitative estimate of drug-likeness (QED) is 0.791. The van der Waals surface area contributed by atoms with Crippen LogP contribution in [0.15, 0.2) is 35.7 Å². The minimum atomic E-state index is -0.692. The average Bonchev–Trinajstić information content (AvgIpc) is 3.17. The van der Waals surface area contributed by atoms with Crippen LogP contribution >= 0.6 is 0 Å². The summed E-state index contributed by atoms with van der Waals surface area (Å²) in [5.74, 6) is -1.49. The van der Waals surface area contributed by atoms with Crippen LogP contribution in [0.4, 0.5) is 23.9 Å². The van der Waals surface area contributed by atoms with E-state index in [1.807, 2.05) is 4.90 Å². The molecule has 1 aromatic heterocycles. The third kappa shape index (κ3) is 3.62. The lowest BCUT2D eigenvalue weighted by Gasteiger charge is -2.37. The first-order valence-corrected chi connectivity index (χ1v) is 8.80. The number of carbonyl (C=O) groups excluding carboxylic acids is 1. The average molecular weight is 390 g/mol. The number of benzene rings is 1. The van der Waals surface area contributed by atoms with Gasteiger partial charge < -0.3 is 9.80 Å². The Labute approximate surface area is 159 Å². The van der Waals surface area contributed by atoms with Crippen molar-refractivity contribution in [1.82, 2.24) is 19.9 Å². The van der Waals surface area contributed by atoms with Gasteiger partial charge in [-0.2, -0.15) is 5.10 Å². The summed E-state index contributed by atoms with van der Waals surface area (Å²) < 4.78 is 40.1. The highest BCUT2D eigenvalue weighted by Gasteiger charge is 2.33. The molecule has 1 unspecified atom stereocenters. The minimum Gasteiger partial charge on any atom is -0.337 e. The lowest BCUT2D eigenvalue weighted by atomic mass is 10.0. The highest BCUT2D eigenvalue weighted by Crippen LogP contribution is 2.30. The first-order valence-electron chi connectivity index (χ1n) is 8.80. The molecule has 2 aromatic rings. The number of hydrogen-bond acceptors (Lipinski definition) is 5. The number of rotatable bonds is 2. The number of urea groups is 1. The fourth-order valence-electron chi connectivity index (χ4n) is 3.35. The number of anilines is 1. The lowest BCUT2D eigenvalue weighted by molar-refractivity contribution is 0.139. The number of halogens is 3. The van der Waals surface area contributed by atoms with Gasteiger partial charge in [-0.05, 0) is 17.7 Å². The second-order valence-electron chi connectivity index (χ2n) is 6.55. The Morgan fingerprint density at radius 2 is 1.57 bits per heavy atom. The van der Waals surface area contributed by atoms with Crippen molar-refractivity contribution in [3.8, 4) is 0 Å². The summed E-state index contributed by atoms with van der Waals surface area (Å²) in [6, 6.07) is 2.35. The molecule has 0 radical (unpaired) electrons. The molecular weight excluding hydrogens is 373 g/mol. The van der Waals surface area contributed by atoms with E-state index in [1.165, 1.54) is 17.1 Å². The van der Waals surface area contributed by atoms with Crippen LogP contribution in [0.1, 0.15) is 18.0 Å². The van der Waals surface area contributed by atoms with Crippen LogP contribution in [0.2, 0.25) is 0 Å². The molecule has 2 aliphatic rings. The molecule has 1 fully saturated rings. The number of carbonyl (C=O) groups is 1. The predicted octanol–water partition coefficient (Wildman–Crippen LogP) is 2.57. The maximum absolute atomic E-state index is 13.6.